The maximum absolute atomic E-state index is 12.0. The number of anilines is 1. The lowest BCUT2D eigenvalue weighted by Gasteiger charge is -2.23. The summed E-state index contributed by atoms with van der Waals surface area (Å²) in [7, 11) is 0. The Kier molecular flexibility index (Phi) is 6.02. The minimum absolute atomic E-state index is 0.0673. The maximum Gasteiger partial charge on any atom is 0.326 e. The number of alkyl halides is 1. The number of halogens is 1. The average molecular weight is 328 g/mol. The van der Waals surface area contributed by atoms with Crippen molar-refractivity contribution < 1.29 is 14.3 Å². The molecule has 1 rings (SSSR count). The van der Waals surface area contributed by atoms with Crippen LogP contribution in [0.15, 0.2) is 18.2 Å². The number of hydrogen-bond donors (Lipinski definition) is 0. The first-order chi connectivity index (χ1) is 8.99. The average Bonchev–Trinajstić information content (AvgIpc) is 2.36. The fraction of sp³-hybridized carbons (Fsp3) is 0.429. The Morgan fingerprint density at radius 2 is 2.00 bits per heavy atom. The summed E-state index contributed by atoms with van der Waals surface area (Å²) in [6, 6.07) is 5.75. The second kappa shape index (κ2) is 7.28. The van der Waals surface area contributed by atoms with Gasteiger partial charge in [0, 0.05) is 5.69 Å². The van der Waals surface area contributed by atoms with Crippen molar-refractivity contribution in [2.24, 2.45) is 0 Å². The molecule has 19 heavy (non-hydrogen) atoms. The molecule has 0 aliphatic rings. The topological polar surface area (TPSA) is 46.6 Å². The van der Waals surface area contributed by atoms with Crippen molar-refractivity contribution in [1.82, 2.24) is 0 Å². The van der Waals surface area contributed by atoms with Gasteiger partial charge in [-0.15, -0.1) is 0 Å². The molecule has 0 N–H and O–H groups in total. The van der Waals surface area contributed by atoms with Crippen LogP contribution in [0.2, 0.25) is 0 Å². The molecule has 0 radical (unpaired) electrons. The molecule has 0 unspecified atom stereocenters. The van der Waals surface area contributed by atoms with E-state index in [1.807, 2.05) is 32.0 Å². The van der Waals surface area contributed by atoms with Crippen molar-refractivity contribution >= 4 is 33.5 Å². The molecule has 0 aromatic heterocycles. The Hall–Kier alpha value is -1.36. The van der Waals surface area contributed by atoms with E-state index in [4.69, 9.17) is 4.74 Å². The van der Waals surface area contributed by atoms with Gasteiger partial charge in [0.25, 0.3) is 0 Å². The zero-order chi connectivity index (χ0) is 14.4. The van der Waals surface area contributed by atoms with E-state index < -0.39 is 5.97 Å². The minimum Gasteiger partial charge on any atom is -0.465 e. The van der Waals surface area contributed by atoms with Crippen LogP contribution in [0.4, 0.5) is 5.69 Å². The summed E-state index contributed by atoms with van der Waals surface area (Å²) < 4.78 is 4.90. The molecule has 0 saturated carbocycles. The number of benzene rings is 1. The first kappa shape index (κ1) is 15.7. The van der Waals surface area contributed by atoms with Crippen molar-refractivity contribution in [3.05, 3.63) is 29.3 Å². The van der Waals surface area contributed by atoms with Crippen molar-refractivity contribution in [2.75, 3.05) is 23.4 Å². The van der Waals surface area contributed by atoms with Gasteiger partial charge in [-0.2, -0.15) is 0 Å². The molecule has 0 fully saturated rings. The summed E-state index contributed by atoms with van der Waals surface area (Å²) in [5.74, 6) is -0.572. The minimum atomic E-state index is -0.406. The smallest absolute Gasteiger partial charge is 0.326 e. The molecule has 0 spiro atoms. The first-order valence-corrected chi connectivity index (χ1v) is 7.21. The van der Waals surface area contributed by atoms with Crippen LogP contribution >= 0.6 is 15.9 Å². The van der Waals surface area contributed by atoms with E-state index in [0.29, 0.717) is 6.61 Å². The normalized spacial score (nSPS) is 10.1. The Morgan fingerprint density at radius 1 is 1.32 bits per heavy atom. The molecular weight excluding hydrogens is 310 g/mol. The Morgan fingerprint density at radius 3 is 2.53 bits per heavy atom. The molecule has 0 bridgehead atoms. The molecule has 0 aliphatic heterocycles. The molecule has 0 heterocycles. The molecule has 5 heteroatoms. The van der Waals surface area contributed by atoms with Crippen LogP contribution < -0.4 is 4.90 Å². The van der Waals surface area contributed by atoms with Gasteiger partial charge in [-0.1, -0.05) is 33.6 Å². The third-order valence-electron chi connectivity index (χ3n) is 2.65. The van der Waals surface area contributed by atoms with Crippen LogP contribution in [0.1, 0.15) is 18.1 Å². The van der Waals surface area contributed by atoms with Crippen molar-refractivity contribution in [3.63, 3.8) is 0 Å². The highest BCUT2D eigenvalue weighted by molar-refractivity contribution is 9.09. The third-order valence-corrected chi connectivity index (χ3v) is 3.13. The Balaban J connectivity index is 3.02. The predicted molar refractivity (Wildman–Crippen MR) is 78.7 cm³/mol. The van der Waals surface area contributed by atoms with Crippen LogP contribution in [0, 0.1) is 13.8 Å². The van der Waals surface area contributed by atoms with E-state index in [1.165, 1.54) is 4.90 Å². The van der Waals surface area contributed by atoms with Gasteiger partial charge in [0.05, 0.1) is 11.9 Å². The molecular formula is C14H18BrNO3. The highest BCUT2D eigenvalue weighted by Gasteiger charge is 2.20. The highest BCUT2D eigenvalue weighted by Crippen LogP contribution is 2.21. The number of nitrogens with zero attached hydrogens (tertiary/aromatic N) is 1. The van der Waals surface area contributed by atoms with Gasteiger partial charge in [0.2, 0.25) is 5.91 Å². The predicted octanol–water partition coefficient (Wildman–Crippen LogP) is 2.59. The molecule has 1 aromatic rings. The molecule has 1 amide bonds. The zero-order valence-electron chi connectivity index (χ0n) is 11.4. The van der Waals surface area contributed by atoms with Crippen molar-refractivity contribution in [2.45, 2.75) is 20.8 Å². The van der Waals surface area contributed by atoms with E-state index in [-0.39, 0.29) is 17.8 Å². The summed E-state index contributed by atoms with van der Waals surface area (Å²) in [6.07, 6.45) is 0. The van der Waals surface area contributed by atoms with Crippen molar-refractivity contribution in [3.8, 4) is 0 Å². The quantitative estimate of drug-likeness (QED) is 0.617. The van der Waals surface area contributed by atoms with E-state index >= 15 is 0 Å². The molecule has 0 saturated heterocycles. The standard InChI is InChI=1S/C14H18BrNO3/c1-4-19-14(18)9-16(13(17)8-15)12-6-5-10(2)7-11(12)3/h5-7H,4,8-9H2,1-3H3. The van der Waals surface area contributed by atoms with Gasteiger partial charge in [-0.25, -0.2) is 0 Å². The second-order valence-electron chi connectivity index (χ2n) is 4.21. The summed E-state index contributed by atoms with van der Waals surface area (Å²) in [5.41, 5.74) is 2.81. The lowest BCUT2D eigenvalue weighted by Crippen LogP contribution is -2.37. The van der Waals surface area contributed by atoms with Gasteiger partial charge in [0.15, 0.2) is 0 Å². The van der Waals surface area contributed by atoms with E-state index in [2.05, 4.69) is 15.9 Å². The number of carbonyl (C=O) groups excluding carboxylic acids is 2. The van der Waals surface area contributed by atoms with Crippen LogP contribution in [0.25, 0.3) is 0 Å². The summed E-state index contributed by atoms with van der Waals surface area (Å²) in [5, 5.41) is 0.166. The first-order valence-electron chi connectivity index (χ1n) is 6.08. The van der Waals surface area contributed by atoms with Crippen LogP contribution in [-0.2, 0) is 14.3 Å². The number of aryl methyl sites for hydroxylation is 2. The summed E-state index contributed by atoms with van der Waals surface area (Å²) >= 11 is 3.14. The number of carbonyl (C=O) groups is 2. The summed E-state index contributed by atoms with van der Waals surface area (Å²) in [4.78, 5) is 25.0. The number of rotatable bonds is 5. The van der Waals surface area contributed by atoms with E-state index in [1.54, 1.807) is 6.92 Å². The van der Waals surface area contributed by atoms with E-state index in [9.17, 15) is 9.59 Å². The monoisotopic (exact) mass is 327 g/mol. The molecule has 4 nitrogen and oxygen atoms in total. The lowest BCUT2D eigenvalue weighted by molar-refractivity contribution is -0.142. The Bertz CT molecular complexity index is 474. The van der Waals surface area contributed by atoms with Gasteiger partial charge < -0.3 is 9.64 Å². The summed E-state index contributed by atoms with van der Waals surface area (Å²) in [6.45, 7) is 5.89. The largest absolute Gasteiger partial charge is 0.465 e. The molecule has 0 atom stereocenters. The highest BCUT2D eigenvalue weighted by atomic mass is 79.9. The Labute approximate surface area is 121 Å². The van der Waals surface area contributed by atoms with Gasteiger partial charge in [0.1, 0.15) is 6.54 Å². The molecule has 0 aliphatic carbocycles. The number of esters is 1. The van der Waals surface area contributed by atoms with Gasteiger partial charge >= 0.3 is 5.97 Å². The fourth-order valence-electron chi connectivity index (χ4n) is 1.82. The SMILES string of the molecule is CCOC(=O)CN(C(=O)CBr)c1ccc(C)cc1C. The second-order valence-corrected chi connectivity index (χ2v) is 4.77. The van der Waals surface area contributed by atoms with Crippen LogP contribution in [0.5, 0.6) is 0 Å². The fourth-order valence-corrected chi connectivity index (χ4v) is 2.13. The van der Waals surface area contributed by atoms with Gasteiger partial charge in [-0.3, -0.25) is 9.59 Å². The number of amides is 1. The third kappa shape index (κ3) is 4.35. The molecule has 1 aromatic carbocycles. The maximum atomic E-state index is 12.0. The van der Waals surface area contributed by atoms with Crippen LogP contribution in [-0.4, -0.2) is 30.4 Å². The van der Waals surface area contributed by atoms with Crippen molar-refractivity contribution in [1.29, 1.82) is 0 Å². The molecule has 104 valence electrons. The number of ether oxygens (including phenoxy) is 1. The number of hydrogen-bond acceptors (Lipinski definition) is 3. The lowest BCUT2D eigenvalue weighted by atomic mass is 10.1. The van der Waals surface area contributed by atoms with E-state index in [0.717, 1.165) is 16.8 Å². The van der Waals surface area contributed by atoms with Gasteiger partial charge in [-0.05, 0) is 32.4 Å². The van der Waals surface area contributed by atoms with Crippen LogP contribution in [0.3, 0.4) is 0 Å². The zero-order valence-corrected chi connectivity index (χ0v) is 13.0.